The lowest BCUT2D eigenvalue weighted by Crippen LogP contribution is -2.19. The molecule has 0 radical (unpaired) electrons. The topological polar surface area (TPSA) is 29.3 Å². The Morgan fingerprint density at radius 2 is 1.67 bits per heavy atom. The van der Waals surface area contributed by atoms with Crippen LogP contribution in [-0.2, 0) is 6.18 Å². The first-order valence-corrected chi connectivity index (χ1v) is 6.51. The van der Waals surface area contributed by atoms with E-state index in [4.69, 9.17) is 5.73 Å². The molecule has 2 rings (SSSR count). The lowest BCUT2D eigenvalue weighted by molar-refractivity contribution is -0.137. The summed E-state index contributed by atoms with van der Waals surface area (Å²) < 4.78 is 39.4. The summed E-state index contributed by atoms with van der Waals surface area (Å²) in [6.07, 6.45) is -4.51. The third-order valence-electron chi connectivity index (χ3n) is 3.10. The van der Waals surface area contributed by atoms with Crippen LogP contribution >= 0.6 is 12.2 Å². The van der Waals surface area contributed by atoms with Crippen LogP contribution in [0.25, 0.3) is 0 Å². The summed E-state index contributed by atoms with van der Waals surface area (Å²) in [5.41, 5.74) is 5.57. The molecule has 21 heavy (non-hydrogen) atoms. The van der Waals surface area contributed by atoms with Crippen LogP contribution in [0.1, 0.15) is 11.1 Å². The summed E-state index contributed by atoms with van der Waals surface area (Å²) in [4.78, 5) is 1.40. The molecule has 0 aromatic heterocycles. The van der Waals surface area contributed by atoms with Gasteiger partial charge in [0, 0.05) is 24.0 Å². The molecule has 0 aliphatic heterocycles. The van der Waals surface area contributed by atoms with E-state index in [-0.39, 0.29) is 10.6 Å². The fourth-order valence-corrected chi connectivity index (χ4v) is 2.17. The summed E-state index contributed by atoms with van der Waals surface area (Å²) in [7, 11) is 1.70. The van der Waals surface area contributed by atoms with Gasteiger partial charge in [0.1, 0.15) is 4.99 Å². The van der Waals surface area contributed by atoms with Crippen LogP contribution in [0.2, 0.25) is 0 Å². The van der Waals surface area contributed by atoms with E-state index < -0.39 is 11.7 Å². The molecule has 2 N–H and O–H groups in total. The Bertz CT molecular complexity index is 654. The lowest BCUT2D eigenvalue weighted by atomic mass is 10.1. The van der Waals surface area contributed by atoms with Gasteiger partial charge in [-0.15, -0.1) is 0 Å². The van der Waals surface area contributed by atoms with E-state index in [1.165, 1.54) is 6.07 Å². The van der Waals surface area contributed by atoms with Crippen LogP contribution in [0.3, 0.4) is 0 Å². The third kappa shape index (κ3) is 3.33. The molecule has 0 aliphatic carbocycles. The predicted molar refractivity (Wildman–Crippen MR) is 81.8 cm³/mol. The molecule has 0 unspecified atom stereocenters. The van der Waals surface area contributed by atoms with Crippen molar-refractivity contribution < 1.29 is 13.2 Å². The minimum Gasteiger partial charge on any atom is -0.389 e. The molecular formula is C15H13F3N2S. The van der Waals surface area contributed by atoms with Crippen LogP contribution in [0.5, 0.6) is 0 Å². The van der Waals surface area contributed by atoms with E-state index >= 15 is 0 Å². The summed E-state index contributed by atoms with van der Waals surface area (Å²) in [6.45, 7) is 0. The van der Waals surface area contributed by atoms with Gasteiger partial charge in [-0.1, -0.05) is 30.4 Å². The molecule has 0 fully saturated rings. The second kappa shape index (κ2) is 5.73. The molecule has 0 aliphatic rings. The highest BCUT2D eigenvalue weighted by Crippen LogP contribution is 2.35. The standard InChI is InChI=1S/C15H13F3N2S/c1-20(10-5-3-2-4-6-10)11-7-8-12(14(19)21)13(9-11)15(16,17)18/h2-9H,1H3,(H2,19,21). The molecule has 0 spiro atoms. The first-order chi connectivity index (χ1) is 9.80. The van der Waals surface area contributed by atoms with Crippen LogP contribution in [0, 0.1) is 0 Å². The normalized spacial score (nSPS) is 11.2. The number of benzene rings is 2. The number of nitrogens with zero attached hydrogens (tertiary/aromatic N) is 1. The van der Waals surface area contributed by atoms with Gasteiger partial charge in [-0.2, -0.15) is 13.2 Å². The number of thiocarbonyl (C=S) groups is 1. The van der Waals surface area contributed by atoms with Gasteiger partial charge >= 0.3 is 6.18 Å². The monoisotopic (exact) mass is 310 g/mol. The number of hydrogen-bond donors (Lipinski definition) is 1. The van der Waals surface area contributed by atoms with E-state index in [1.807, 2.05) is 30.3 Å². The second-order valence-corrected chi connectivity index (χ2v) is 4.93. The summed E-state index contributed by atoms with van der Waals surface area (Å²) in [5, 5.41) is 0. The highest BCUT2D eigenvalue weighted by Gasteiger charge is 2.34. The second-order valence-electron chi connectivity index (χ2n) is 4.49. The number of para-hydroxylation sites is 1. The van der Waals surface area contributed by atoms with Crippen molar-refractivity contribution in [3.63, 3.8) is 0 Å². The van der Waals surface area contributed by atoms with Crippen molar-refractivity contribution in [3.05, 3.63) is 59.7 Å². The van der Waals surface area contributed by atoms with Gasteiger partial charge in [0.15, 0.2) is 0 Å². The van der Waals surface area contributed by atoms with Crippen molar-refractivity contribution >= 4 is 28.6 Å². The summed E-state index contributed by atoms with van der Waals surface area (Å²) in [5.74, 6) is 0. The van der Waals surface area contributed by atoms with E-state index in [0.29, 0.717) is 5.69 Å². The average molecular weight is 310 g/mol. The van der Waals surface area contributed by atoms with Crippen LogP contribution in [0.4, 0.5) is 24.5 Å². The Balaban J connectivity index is 2.50. The van der Waals surface area contributed by atoms with Crippen molar-refractivity contribution in [1.29, 1.82) is 0 Å². The average Bonchev–Trinajstić information content (AvgIpc) is 2.45. The Labute approximate surface area is 126 Å². The zero-order valence-corrected chi connectivity index (χ0v) is 12.0. The Morgan fingerprint density at radius 3 is 2.19 bits per heavy atom. The van der Waals surface area contributed by atoms with Gasteiger partial charge in [-0.3, -0.25) is 0 Å². The van der Waals surface area contributed by atoms with Gasteiger partial charge in [0.05, 0.1) is 5.56 Å². The van der Waals surface area contributed by atoms with Gasteiger partial charge in [-0.05, 0) is 30.3 Å². The van der Waals surface area contributed by atoms with Crippen LogP contribution in [-0.4, -0.2) is 12.0 Å². The SMILES string of the molecule is CN(c1ccccc1)c1ccc(C(N)=S)c(C(F)(F)F)c1. The molecule has 0 bridgehead atoms. The maximum absolute atomic E-state index is 13.1. The number of hydrogen-bond acceptors (Lipinski definition) is 2. The van der Waals surface area contributed by atoms with E-state index in [2.05, 4.69) is 12.2 Å². The molecule has 0 atom stereocenters. The fourth-order valence-electron chi connectivity index (χ4n) is 1.99. The molecule has 110 valence electrons. The largest absolute Gasteiger partial charge is 0.417 e. The zero-order valence-electron chi connectivity index (χ0n) is 11.2. The Morgan fingerprint density at radius 1 is 1.05 bits per heavy atom. The van der Waals surface area contributed by atoms with Crippen LogP contribution in [0.15, 0.2) is 48.5 Å². The van der Waals surface area contributed by atoms with Crippen molar-refractivity contribution in [2.24, 2.45) is 5.73 Å². The van der Waals surface area contributed by atoms with E-state index in [0.717, 1.165) is 11.8 Å². The highest BCUT2D eigenvalue weighted by atomic mass is 32.1. The first kappa shape index (κ1) is 15.3. The third-order valence-corrected chi connectivity index (χ3v) is 3.32. The Hall–Kier alpha value is -2.08. The number of alkyl halides is 3. The fraction of sp³-hybridized carbons (Fsp3) is 0.133. The maximum atomic E-state index is 13.1. The molecule has 2 nitrogen and oxygen atoms in total. The molecule has 0 amide bonds. The molecule has 0 heterocycles. The zero-order chi connectivity index (χ0) is 15.6. The minimum absolute atomic E-state index is 0.164. The number of halogens is 3. The summed E-state index contributed by atoms with van der Waals surface area (Å²) >= 11 is 4.69. The molecule has 2 aromatic rings. The van der Waals surface area contributed by atoms with Crippen molar-refractivity contribution in [1.82, 2.24) is 0 Å². The van der Waals surface area contributed by atoms with Crippen LogP contribution < -0.4 is 10.6 Å². The van der Waals surface area contributed by atoms with Crippen molar-refractivity contribution in [3.8, 4) is 0 Å². The molecule has 2 aromatic carbocycles. The molecule has 0 saturated carbocycles. The van der Waals surface area contributed by atoms with Crippen molar-refractivity contribution in [2.75, 3.05) is 11.9 Å². The Kier molecular flexibility index (Phi) is 4.18. The highest BCUT2D eigenvalue weighted by molar-refractivity contribution is 7.80. The lowest BCUT2D eigenvalue weighted by Gasteiger charge is -2.22. The number of rotatable bonds is 3. The van der Waals surface area contributed by atoms with Crippen molar-refractivity contribution in [2.45, 2.75) is 6.18 Å². The summed E-state index contributed by atoms with van der Waals surface area (Å²) in [6, 6.07) is 13.0. The predicted octanol–water partition coefficient (Wildman–Crippen LogP) is 4.11. The van der Waals surface area contributed by atoms with Gasteiger partial charge in [0.2, 0.25) is 0 Å². The van der Waals surface area contributed by atoms with E-state index in [1.54, 1.807) is 18.0 Å². The number of anilines is 2. The smallest absolute Gasteiger partial charge is 0.389 e. The van der Waals surface area contributed by atoms with Gasteiger partial charge < -0.3 is 10.6 Å². The number of nitrogens with two attached hydrogens (primary N) is 1. The molecule has 6 heteroatoms. The maximum Gasteiger partial charge on any atom is 0.417 e. The minimum atomic E-state index is -4.51. The molecule has 0 saturated heterocycles. The van der Waals surface area contributed by atoms with Gasteiger partial charge in [0.25, 0.3) is 0 Å². The van der Waals surface area contributed by atoms with E-state index in [9.17, 15) is 13.2 Å². The quantitative estimate of drug-likeness (QED) is 0.865. The van der Waals surface area contributed by atoms with Gasteiger partial charge in [-0.25, -0.2) is 0 Å². The first-order valence-electron chi connectivity index (χ1n) is 6.10. The molecular weight excluding hydrogens is 297 g/mol.